The molecule has 2 heterocycles. The number of carbonyl (C=O) groups is 1. The van der Waals surface area contributed by atoms with Crippen molar-refractivity contribution in [2.45, 2.75) is 17.3 Å². The van der Waals surface area contributed by atoms with E-state index in [0.29, 0.717) is 11.8 Å². The summed E-state index contributed by atoms with van der Waals surface area (Å²) in [6, 6.07) is 15.2. The number of fused-ring (bicyclic) bond motifs is 1. The third-order valence-electron chi connectivity index (χ3n) is 3.11. The lowest BCUT2D eigenvalue weighted by molar-refractivity contribution is -0.142. The maximum atomic E-state index is 12.3. The molecule has 0 radical (unpaired) electrons. The van der Waals surface area contributed by atoms with Crippen LogP contribution in [0.15, 0.2) is 59.9 Å². The van der Waals surface area contributed by atoms with Crippen LogP contribution in [-0.2, 0) is 9.53 Å². The van der Waals surface area contributed by atoms with Gasteiger partial charge in [0.05, 0.1) is 6.61 Å². The molecular formula is C16H15N3O2S. The molecular weight excluding hydrogens is 298 g/mol. The Morgan fingerprint density at radius 2 is 1.95 bits per heavy atom. The summed E-state index contributed by atoms with van der Waals surface area (Å²) in [4.78, 5) is 12.3. The fourth-order valence-corrected chi connectivity index (χ4v) is 3.13. The maximum Gasteiger partial charge on any atom is 0.324 e. The normalized spacial score (nSPS) is 12.2. The van der Waals surface area contributed by atoms with E-state index in [0.717, 1.165) is 11.2 Å². The summed E-state index contributed by atoms with van der Waals surface area (Å²) < 4.78 is 7.06. The molecule has 0 N–H and O–H groups in total. The molecule has 0 amide bonds. The number of esters is 1. The van der Waals surface area contributed by atoms with Crippen LogP contribution in [0.2, 0.25) is 0 Å². The van der Waals surface area contributed by atoms with E-state index < -0.39 is 5.25 Å². The van der Waals surface area contributed by atoms with Crippen molar-refractivity contribution in [2.24, 2.45) is 0 Å². The van der Waals surface area contributed by atoms with E-state index in [1.165, 1.54) is 11.8 Å². The highest BCUT2D eigenvalue weighted by atomic mass is 32.2. The molecule has 1 aromatic carbocycles. The highest BCUT2D eigenvalue weighted by molar-refractivity contribution is 8.00. The molecule has 0 saturated heterocycles. The first-order valence-corrected chi connectivity index (χ1v) is 7.85. The van der Waals surface area contributed by atoms with E-state index >= 15 is 0 Å². The molecule has 5 nitrogen and oxygen atoms in total. The second-order valence-corrected chi connectivity index (χ2v) is 5.64. The van der Waals surface area contributed by atoms with Gasteiger partial charge in [-0.1, -0.05) is 48.2 Å². The quantitative estimate of drug-likeness (QED) is 0.535. The first-order valence-electron chi connectivity index (χ1n) is 6.97. The third-order valence-corrected chi connectivity index (χ3v) is 4.30. The molecule has 1 atom stereocenters. The number of hydrogen-bond donors (Lipinski definition) is 0. The standard InChI is InChI=1S/C16H15N3O2S/c1-2-21-15(20)14(12-8-4-3-5-9-12)22-16-18-17-13-10-6-7-11-19(13)16/h3-11,14H,2H2,1H3/t14-/m1/s1. The van der Waals surface area contributed by atoms with Crippen LogP contribution in [0, 0.1) is 0 Å². The topological polar surface area (TPSA) is 56.5 Å². The molecule has 6 heteroatoms. The second kappa shape index (κ2) is 6.62. The van der Waals surface area contributed by atoms with Crippen molar-refractivity contribution in [3.8, 4) is 0 Å². The summed E-state index contributed by atoms with van der Waals surface area (Å²) in [5.41, 5.74) is 1.64. The summed E-state index contributed by atoms with van der Waals surface area (Å²) >= 11 is 1.34. The molecule has 0 fully saturated rings. The number of nitrogens with zero attached hydrogens (tertiary/aromatic N) is 3. The molecule has 0 bridgehead atoms. The Morgan fingerprint density at radius 1 is 1.18 bits per heavy atom. The number of ether oxygens (including phenoxy) is 1. The zero-order valence-corrected chi connectivity index (χ0v) is 12.9. The average molecular weight is 313 g/mol. The van der Waals surface area contributed by atoms with E-state index in [1.807, 2.05) is 59.1 Å². The zero-order valence-electron chi connectivity index (χ0n) is 12.0. The number of benzene rings is 1. The number of rotatable bonds is 5. The molecule has 112 valence electrons. The van der Waals surface area contributed by atoms with Crippen LogP contribution >= 0.6 is 11.8 Å². The molecule has 0 spiro atoms. The minimum Gasteiger partial charge on any atom is -0.465 e. The summed E-state index contributed by atoms with van der Waals surface area (Å²) in [7, 11) is 0. The van der Waals surface area contributed by atoms with Gasteiger partial charge in [0.2, 0.25) is 0 Å². The van der Waals surface area contributed by atoms with Crippen LogP contribution < -0.4 is 0 Å². The van der Waals surface area contributed by atoms with Crippen LogP contribution in [0.4, 0.5) is 0 Å². The Morgan fingerprint density at radius 3 is 2.73 bits per heavy atom. The van der Waals surface area contributed by atoms with Gasteiger partial charge >= 0.3 is 5.97 Å². The van der Waals surface area contributed by atoms with Crippen molar-refractivity contribution >= 4 is 23.4 Å². The lowest BCUT2D eigenvalue weighted by Gasteiger charge is -2.14. The summed E-state index contributed by atoms with van der Waals surface area (Å²) in [5, 5.41) is 8.48. The molecule has 0 unspecified atom stereocenters. The summed E-state index contributed by atoms with van der Waals surface area (Å²) in [6.07, 6.45) is 1.88. The number of pyridine rings is 1. The van der Waals surface area contributed by atoms with Gasteiger partial charge < -0.3 is 4.74 Å². The second-order valence-electron chi connectivity index (χ2n) is 4.57. The predicted molar refractivity (Wildman–Crippen MR) is 84.7 cm³/mol. The van der Waals surface area contributed by atoms with Crippen LogP contribution in [0.25, 0.3) is 5.65 Å². The Bertz CT molecular complexity index is 773. The first kappa shape index (κ1) is 14.6. The van der Waals surface area contributed by atoms with E-state index in [-0.39, 0.29) is 5.97 Å². The molecule has 2 aromatic heterocycles. The van der Waals surface area contributed by atoms with E-state index in [4.69, 9.17) is 4.74 Å². The predicted octanol–water partition coefficient (Wildman–Crippen LogP) is 3.13. The molecule has 3 aromatic rings. The smallest absolute Gasteiger partial charge is 0.324 e. The van der Waals surface area contributed by atoms with Crippen LogP contribution in [0.3, 0.4) is 0 Å². The largest absolute Gasteiger partial charge is 0.465 e. The van der Waals surface area contributed by atoms with Crippen molar-refractivity contribution in [2.75, 3.05) is 6.61 Å². The van der Waals surface area contributed by atoms with Gasteiger partial charge in [0.1, 0.15) is 5.25 Å². The van der Waals surface area contributed by atoms with E-state index in [1.54, 1.807) is 6.92 Å². The van der Waals surface area contributed by atoms with Crippen molar-refractivity contribution in [3.05, 3.63) is 60.3 Å². The minimum absolute atomic E-state index is 0.272. The molecule has 3 rings (SSSR count). The Labute approximate surface area is 132 Å². The van der Waals surface area contributed by atoms with Crippen LogP contribution in [-0.4, -0.2) is 27.2 Å². The first-order chi connectivity index (χ1) is 10.8. The fourth-order valence-electron chi connectivity index (χ4n) is 2.10. The molecule has 0 aliphatic rings. The van der Waals surface area contributed by atoms with Crippen molar-refractivity contribution < 1.29 is 9.53 Å². The lowest BCUT2D eigenvalue weighted by Crippen LogP contribution is -2.13. The Balaban J connectivity index is 1.94. The van der Waals surface area contributed by atoms with Gasteiger partial charge in [0, 0.05) is 6.20 Å². The van der Waals surface area contributed by atoms with Gasteiger partial charge in [0.15, 0.2) is 10.8 Å². The van der Waals surface area contributed by atoms with Gasteiger partial charge in [0.25, 0.3) is 0 Å². The van der Waals surface area contributed by atoms with Crippen molar-refractivity contribution in [1.82, 2.24) is 14.6 Å². The van der Waals surface area contributed by atoms with Gasteiger partial charge in [-0.15, -0.1) is 10.2 Å². The molecule has 0 saturated carbocycles. The Hall–Kier alpha value is -2.34. The summed E-state index contributed by atoms with van der Waals surface area (Å²) in [6.45, 7) is 2.15. The van der Waals surface area contributed by atoms with Crippen molar-refractivity contribution in [3.63, 3.8) is 0 Å². The minimum atomic E-state index is -0.464. The molecule has 0 aliphatic carbocycles. The monoisotopic (exact) mass is 313 g/mol. The van der Waals surface area contributed by atoms with Crippen LogP contribution in [0.1, 0.15) is 17.7 Å². The fraction of sp³-hybridized carbons (Fsp3) is 0.188. The molecule has 22 heavy (non-hydrogen) atoms. The molecule has 0 aliphatic heterocycles. The van der Waals surface area contributed by atoms with Gasteiger partial charge in [-0.3, -0.25) is 9.20 Å². The lowest BCUT2D eigenvalue weighted by atomic mass is 10.1. The van der Waals surface area contributed by atoms with Gasteiger partial charge in [-0.25, -0.2) is 0 Å². The van der Waals surface area contributed by atoms with Crippen LogP contribution in [0.5, 0.6) is 0 Å². The number of hydrogen-bond acceptors (Lipinski definition) is 5. The number of carbonyl (C=O) groups excluding carboxylic acids is 1. The summed E-state index contributed by atoms with van der Waals surface area (Å²) in [5.74, 6) is -0.272. The highest BCUT2D eigenvalue weighted by Crippen LogP contribution is 2.35. The van der Waals surface area contributed by atoms with E-state index in [9.17, 15) is 4.79 Å². The SMILES string of the molecule is CCOC(=O)[C@H](Sc1nnc2ccccn12)c1ccccc1. The number of aromatic nitrogens is 3. The average Bonchev–Trinajstić information content (AvgIpc) is 2.97. The highest BCUT2D eigenvalue weighted by Gasteiger charge is 2.25. The number of thioether (sulfide) groups is 1. The van der Waals surface area contributed by atoms with Crippen molar-refractivity contribution in [1.29, 1.82) is 0 Å². The van der Waals surface area contributed by atoms with Gasteiger partial charge in [-0.05, 0) is 24.6 Å². The third kappa shape index (κ3) is 2.96. The zero-order chi connectivity index (χ0) is 15.4. The maximum absolute atomic E-state index is 12.3. The van der Waals surface area contributed by atoms with E-state index in [2.05, 4.69) is 10.2 Å². The Kier molecular flexibility index (Phi) is 4.39. The van der Waals surface area contributed by atoms with Gasteiger partial charge in [-0.2, -0.15) is 0 Å².